The van der Waals surface area contributed by atoms with Gasteiger partial charge in [-0.1, -0.05) is 0 Å². The Morgan fingerprint density at radius 2 is 1.66 bits per heavy atom. The molecule has 2 aromatic rings. The van der Waals surface area contributed by atoms with E-state index in [-0.39, 0.29) is 5.91 Å². The van der Waals surface area contributed by atoms with Crippen LogP contribution in [-0.4, -0.2) is 74.7 Å². The minimum Gasteiger partial charge on any atom is -0.493 e. The Balaban J connectivity index is 1.51. The molecule has 0 bridgehead atoms. The molecule has 0 radical (unpaired) electrons. The molecule has 4 rings (SSSR count). The predicted octanol–water partition coefficient (Wildman–Crippen LogP) is 2.05. The predicted molar refractivity (Wildman–Crippen MR) is 112 cm³/mol. The van der Waals surface area contributed by atoms with E-state index in [0.29, 0.717) is 24.4 Å². The maximum atomic E-state index is 13.2. The number of anilines is 1. The van der Waals surface area contributed by atoms with Crippen LogP contribution in [0.4, 0.5) is 5.82 Å². The molecule has 2 aliphatic heterocycles. The summed E-state index contributed by atoms with van der Waals surface area (Å²) in [4.78, 5) is 24.1. The molecule has 7 nitrogen and oxygen atoms in total. The highest BCUT2D eigenvalue weighted by Gasteiger charge is 2.25. The Morgan fingerprint density at radius 3 is 2.34 bits per heavy atom. The van der Waals surface area contributed by atoms with Gasteiger partial charge in [0.15, 0.2) is 11.5 Å². The van der Waals surface area contributed by atoms with Crippen LogP contribution in [0.1, 0.15) is 21.5 Å². The van der Waals surface area contributed by atoms with Crippen molar-refractivity contribution in [2.24, 2.45) is 0 Å². The lowest BCUT2D eigenvalue weighted by Gasteiger charge is -2.33. The van der Waals surface area contributed by atoms with Gasteiger partial charge in [-0.3, -0.25) is 4.79 Å². The van der Waals surface area contributed by atoms with Crippen molar-refractivity contribution < 1.29 is 14.3 Å². The molecular formula is C22H28N4O3. The number of hydrogen-bond donors (Lipinski definition) is 0. The summed E-state index contributed by atoms with van der Waals surface area (Å²) in [5.41, 5.74) is 3.01. The molecule has 0 aliphatic carbocycles. The van der Waals surface area contributed by atoms with Crippen molar-refractivity contribution in [2.45, 2.75) is 13.0 Å². The average molecular weight is 396 g/mol. The van der Waals surface area contributed by atoms with Gasteiger partial charge in [-0.15, -0.1) is 0 Å². The Bertz CT molecular complexity index is 894. The molecule has 7 heteroatoms. The fourth-order valence-corrected chi connectivity index (χ4v) is 4.00. The molecule has 1 fully saturated rings. The summed E-state index contributed by atoms with van der Waals surface area (Å²) in [6, 6.07) is 7.74. The van der Waals surface area contributed by atoms with E-state index in [0.717, 1.165) is 49.7 Å². The number of pyridine rings is 1. The highest BCUT2D eigenvalue weighted by Crippen LogP contribution is 2.33. The molecule has 0 N–H and O–H groups in total. The van der Waals surface area contributed by atoms with Crippen LogP contribution in [0.5, 0.6) is 11.5 Å². The minimum atomic E-state index is 0.0446. The number of likely N-dealkylation sites (N-methyl/N-ethyl adjacent to an activating group) is 1. The number of ether oxygens (including phenoxy) is 2. The average Bonchev–Trinajstić information content (AvgIpc) is 2.77. The largest absolute Gasteiger partial charge is 0.493 e. The van der Waals surface area contributed by atoms with E-state index < -0.39 is 0 Å². The number of carbonyl (C=O) groups excluding carboxylic acids is 1. The van der Waals surface area contributed by atoms with Gasteiger partial charge < -0.3 is 24.2 Å². The minimum absolute atomic E-state index is 0.0446. The van der Waals surface area contributed by atoms with Crippen LogP contribution in [0.15, 0.2) is 30.5 Å². The van der Waals surface area contributed by atoms with E-state index in [1.54, 1.807) is 20.4 Å². The lowest BCUT2D eigenvalue weighted by atomic mass is 9.98. The Hall–Kier alpha value is -2.80. The third kappa shape index (κ3) is 4.00. The molecule has 1 aromatic heterocycles. The van der Waals surface area contributed by atoms with Crippen molar-refractivity contribution in [3.8, 4) is 11.5 Å². The van der Waals surface area contributed by atoms with Crippen molar-refractivity contribution in [3.05, 3.63) is 47.2 Å². The second kappa shape index (κ2) is 8.29. The number of amides is 1. The monoisotopic (exact) mass is 396 g/mol. The number of carbonyl (C=O) groups is 1. The first-order valence-corrected chi connectivity index (χ1v) is 10.0. The van der Waals surface area contributed by atoms with Gasteiger partial charge in [-0.25, -0.2) is 4.98 Å². The number of piperazine rings is 1. The molecule has 0 atom stereocenters. The molecule has 154 valence electrons. The van der Waals surface area contributed by atoms with Gasteiger partial charge in [0, 0.05) is 51.0 Å². The summed E-state index contributed by atoms with van der Waals surface area (Å²) in [5, 5.41) is 0. The van der Waals surface area contributed by atoms with E-state index in [4.69, 9.17) is 9.47 Å². The number of fused-ring (bicyclic) bond motifs is 1. The fourth-order valence-electron chi connectivity index (χ4n) is 4.00. The van der Waals surface area contributed by atoms with Crippen LogP contribution in [0.25, 0.3) is 0 Å². The third-order valence-corrected chi connectivity index (χ3v) is 5.82. The Labute approximate surface area is 171 Å². The van der Waals surface area contributed by atoms with E-state index in [2.05, 4.69) is 21.8 Å². The molecule has 2 aliphatic rings. The van der Waals surface area contributed by atoms with Gasteiger partial charge in [-0.2, -0.15) is 0 Å². The summed E-state index contributed by atoms with van der Waals surface area (Å²) in [6.45, 7) is 5.13. The lowest BCUT2D eigenvalue weighted by molar-refractivity contribution is 0.0734. The van der Waals surface area contributed by atoms with E-state index >= 15 is 0 Å². The Kier molecular flexibility index (Phi) is 5.58. The standard InChI is InChI=1S/C22H28N4O3/c1-24-8-10-25(11-9-24)21-14-17(4-6-23-21)22(27)26-7-5-16-12-19(28-2)20(29-3)13-18(16)15-26/h4,6,12-14H,5,7-11,15H2,1-3H3. The van der Waals surface area contributed by atoms with Gasteiger partial charge in [-0.05, 0) is 48.9 Å². The third-order valence-electron chi connectivity index (χ3n) is 5.82. The van der Waals surface area contributed by atoms with Crippen LogP contribution in [0.3, 0.4) is 0 Å². The molecular weight excluding hydrogens is 368 g/mol. The van der Waals surface area contributed by atoms with Gasteiger partial charge in [0.2, 0.25) is 0 Å². The lowest BCUT2D eigenvalue weighted by Crippen LogP contribution is -2.45. The zero-order chi connectivity index (χ0) is 20.4. The van der Waals surface area contributed by atoms with Crippen LogP contribution in [0.2, 0.25) is 0 Å². The van der Waals surface area contributed by atoms with Crippen LogP contribution in [-0.2, 0) is 13.0 Å². The summed E-state index contributed by atoms with van der Waals surface area (Å²) < 4.78 is 10.8. The number of hydrogen-bond acceptors (Lipinski definition) is 6. The van der Waals surface area contributed by atoms with Crippen molar-refractivity contribution >= 4 is 11.7 Å². The summed E-state index contributed by atoms with van der Waals surface area (Å²) in [6.07, 6.45) is 2.55. The molecule has 29 heavy (non-hydrogen) atoms. The summed E-state index contributed by atoms with van der Waals surface area (Å²) in [5.74, 6) is 2.36. The highest BCUT2D eigenvalue weighted by atomic mass is 16.5. The highest BCUT2D eigenvalue weighted by molar-refractivity contribution is 5.95. The second-order valence-electron chi connectivity index (χ2n) is 7.65. The topological polar surface area (TPSA) is 58.1 Å². The van der Waals surface area contributed by atoms with E-state index in [1.165, 1.54) is 5.56 Å². The first-order chi connectivity index (χ1) is 14.1. The van der Waals surface area contributed by atoms with Crippen molar-refractivity contribution in [1.29, 1.82) is 0 Å². The molecule has 1 saturated heterocycles. The normalized spacial score (nSPS) is 17.1. The summed E-state index contributed by atoms with van der Waals surface area (Å²) in [7, 11) is 5.40. The molecule has 1 aromatic carbocycles. The van der Waals surface area contributed by atoms with Gasteiger partial charge in [0.25, 0.3) is 5.91 Å². The number of rotatable bonds is 4. The number of methoxy groups -OCH3 is 2. The number of nitrogens with zero attached hydrogens (tertiary/aromatic N) is 4. The number of benzene rings is 1. The first-order valence-electron chi connectivity index (χ1n) is 10.0. The summed E-state index contributed by atoms with van der Waals surface area (Å²) >= 11 is 0. The van der Waals surface area contributed by atoms with Crippen molar-refractivity contribution in [2.75, 3.05) is 58.9 Å². The smallest absolute Gasteiger partial charge is 0.254 e. The van der Waals surface area contributed by atoms with Crippen molar-refractivity contribution in [1.82, 2.24) is 14.8 Å². The van der Waals surface area contributed by atoms with Crippen LogP contribution >= 0.6 is 0 Å². The van der Waals surface area contributed by atoms with E-state index in [1.807, 2.05) is 29.2 Å². The fraction of sp³-hybridized carbons (Fsp3) is 0.455. The maximum Gasteiger partial charge on any atom is 0.254 e. The van der Waals surface area contributed by atoms with Gasteiger partial charge in [0.05, 0.1) is 14.2 Å². The van der Waals surface area contributed by atoms with Crippen LogP contribution < -0.4 is 14.4 Å². The zero-order valence-corrected chi connectivity index (χ0v) is 17.4. The SMILES string of the molecule is COc1cc2c(cc1OC)CN(C(=O)c1ccnc(N3CCN(C)CC3)c1)CC2. The first kappa shape index (κ1) is 19.5. The van der Waals surface area contributed by atoms with Gasteiger partial charge >= 0.3 is 0 Å². The van der Waals surface area contributed by atoms with Gasteiger partial charge in [0.1, 0.15) is 5.82 Å². The van der Waals surface area contributed by atoms with Crippen LogP contribution in [0, 0.1) is 0 Å². The molecule has 0 saturated carbocycles. The quantitative estimate of drug-likeness (QED) is 0.789. The second-order valence-corrected chi connectivity index (χ2v) is 7.65. The zero-order valence-electron chi connectivity index (χ0n) is 17.4. The molecule has 3 heterocycles. The molecule has 1 amide bonds. The Morgan fingerprint density at radius 1 is 0.966 bits per heavy atom. The maximum absolute atomic E-state index is 13.2. The molecule has 0 unspecified atom stereocenters. The number of aromatic nitrogens is 1. The van der Waals surface area contributed by atoms with E-state index in [9.17, 15) is 4.79 Å². The van der Waals surface area contributed by atoms with Crippen molar-refractivity contribution in [3.63, 3.8) is 0 Å². The molecule has 0 spiro atoms.